The average molecular weight is 1450 g/mol. The summed E-state index contributed by atoms with van der Waals surface area (Å²) in [5, 5.41) is 10.6. The van der Waals surface area contributed by atoms with Crippen molar-refractivity contribution >= 4 is 39.5 Å². The highest BCUT2D eigenvalue weighted by Gasteiger charge is 2.30. The number of carbonyl (C=O) groups excluding carboxylic acids is 4. The van der Waals surface area contributed by atoms with Gasteiger partial charge >= 0.3 is 39.5 Å². The molecule has 99 heavy (non-hydrogen) atoms. The van der Waals surface area contributed by atoms with E-state index in [2.05, 4.69) is 55.4 Å². The van der Waals surface area contributed by atoms with E-state index in [1.165, 1.54) is 199 Å². The normalized spacial score (nSPS) is 14.9. The molecular weight excluding hydrogens is 1290 g/mol. The summed E-state index contributed by atoms with van der Waals surface area (Å²) in [7, 11) is -9.92. The van der Waals surface area contributed by atoms with E-state index in [-0.39, 0.29) is 25.7 Å². The maximum absolute atomic E-state index is 13.1. The number of esters is 4. The molecule has 17 nitrogen and oxygen atoms in total. The highest BCUT2D eigenvalue weighted by molar-refractivity contribution is 7.47. The molecule has 0 aliphatic rings. The molecule has 0 aromatic rings. The van der Waals surface area contributed by atoms with Crippen LogP contribution in [0.15, 0.2) is 0 Å². The van der Waals surface area contributed by atoms with Crippen molar-refractivity contribution < 1.29 is 80.2 Å². The molecule has 0 amide bonds. The fourth-order valence-electron chi connectivity index (χ4n) is 12.2. The highest BCUT2D eigenvalue weighted by atomic mass is 31.2. The lowest BCUT2D eigenvalue weighted by Gasteiger charge is -2.21. The lowest BCUT2D eigenvalue weighted by molar-refractivity contribution is -0.161. The van der Waals surface area contributed by atoms with Crippen molar-refractivity contribution in [3.63, 3.8) is 0 Å². The van der Waals surface area contributed by atoms with Gasteiger partial charge in [-0.25, -0.2) is 9.13 Å². The van der Waals surface area contributed by atoms with Crippen LogP contribution >= 0.6 is 15.6 Å². The third kappa shape index (κ3) is 70.2. The fraction of sp³-hybridized carbons (Fsp3) is 0.950. The number of carbonyl (C=O) groups is 4. The predicted molar refractivity (Wildman–Crippen MR) is 404 cm³/mol. The Hall–Kier alpha value is -1.94. The Morgan fingerprint density at radius 3 is 0.717 bits per heavy atom. The molecule has 0 rings (SSSR count). The largest absolute Gasteiger partial charge is 0.472 e. The number of rotatable bonds is 77. The molecule has 0 saturated carbocycles. The van der Waals surface area contributed by atoms with Gasteiger partial charge in [-0.05, 0) is 49.4 Å². The molecule has 0 spiro atoms. The van der Waals surface area contributed by atoms with E-state index in [1.54, 1.807) is 0 Å². The first kappa shape index (κ1) is 97.1. The lowest BCUT2D eigenvalue weighted by Crippen LogP contribution is -2.30. The average Bonchev–Trinajstić information content (AvgIpc) is 1.00. The van der Waals surface area contributed by atoms with Gasteiger partial charge in [-0.15, -0.1) is 0 Å². The smallest absolute Gasteiger partial charge is 0.462 e. The number of ether oxygens (including phenoxy) is 4. The summed E-state index contributed by atoms with van der Waals surface area (Å²) in [6.07, 6.45) is 55.6. The van der Waals surface area contributed by atoms with Crippen molar-refractivity contribution in [1.82, 2.24) is 0 Å². The third-order valence-electron chi connectivity index (χ3n) is 19.7. The standard InChI is InChI=1S/C80H156O17P2/c1-9-71(6)57-49-41-33-29-25-21-16-14-12-13-15-17-22-26-30-34-46-54-62-79(84)96-75(66-90-77(82)60-52-44-38-36-42-50-58-72(7)10-2)68-94-98(86,87)92-64-74(81)65-93-99(88,89)95-69-76(67-91-78(83)61-53-45-39-37-43-51-59-73(8)11-3)97-80(85)63-55-47-35-31-27-23-19-18-20-24-28-32-40-48-56-70(4)5/h70-76,81H,9-69H2,1-8H3,(H,86,87)(H,88,89)/t71?,72?,73?,74-,75-,76-/m1/s1. The van der Waals surface area contributed by atoms with Gasteiger partial charge in [0.15, 0.2) is 12.2 Å². The van der Waals surface area contributed by atoms with Crippen molar-refractivity contribution in [2.45, 2.75) is 427 Å². The molecule has 5 unspecified atom stereocenters. The van der Waals surface area contributed by atoms with Crippen molar-refractivity contribution in [3.05, 3.63) is 0 Å². The summed E-state index contributed by atoms with van der Waals surface area (Å²) in [5.74, 6) is 1.01. The predicted octanol–water partition coefficient (Wildman–Crippen LogP) is 23.6. The number of phosphoric acid groups is 2. The zero-order valence-electron chi connectivity index (χ0n) is 65.1. The molecular formula is C80H156O17P2. The van der Waals surface area contributed by atoms with Gasteiger partial charge in [-0.1, -0.05) is 357 Å². The van der Waals surface area contributed by atoms with Crippen LogP contribution in [0.1, 0.15) is 409 Å². The van der Waals surface area contributed by atoms with Gasteiger partial charge < -0.3 is 33.8 Å². The fourth-order valence-corrected chi connectivity index (χ4v) is 13.7. The zero-order chi connectivity index (χ0) is 73.1. The topological polar surface area (TPSA) is 237 Å². The number of phosphoric ester groups is 2. The van der Waals surface area contributed by atoms with Crippen LogP contribution < -0.4 is 0 Å². The van der Waals surface area contributed by atoms with Gasteiger partial charge in [0, 0.05) is 25.7 Å². The minimum atomic E-state index is -4.96. The van der Waals surface area contributed by atoms with Crippen LogP contribution in [-0.4, -0.2) is 96.7 Å². The van der Waals surface area contributed by atoms with Crippen LogP contribution in [0.3, 0.4) is 0 Å². The van der Waals surface area contributed by atoms with Crippen molar-refractivity contribution in [3.8, 4) is 0 Å². The molecule has 0 aromatic heterocycles. The second-order valence-corrected chi connectivity index (χ2v) is 32.9. The second kappa shape index (κ2) is 69.1. The molecule has 0 saturated heterocycles. The van der Waals surface area contributed by atoms with E-state index in [4.69, 9.17) is 37.0 Å². The first-order valence-corrected chi connectivity index (χ1v) is 44.3. The zero-order valence-corrected chi connectivity index (χ0v) is 66.9. The Kier molecular flexibility index (Phi) is 67.8. The molecule has 0 aromatic carbocycles. The third-order valence-corrected chi connectivity index (χ3v) is 21.6. The molecule has 19 heteroatoms. The van der Waals surface area contributed by atoms with Gasteiger partial charge in [0.05, 0.1) is 26.4 Å². The molecule has 0 heterocycles. The molecule has 0 bridgehead atoms. The van der Waals surface area contributed by atoms with Gasteiger partial charge in [-0.2, -0.15) is 0 Å². The Morgan fingerprint density at radius 1 is 0.283 bits per heavy atom. The molecule has 3 N–H and O–H groups in total. The Bertz CT molecular complexity index is 1940. The maximum Gasteiger partial charge on any atom is 0.472 e. The summed E-state index contributed by atoms with van der Waals surface area (Å²) in [6.45, 7) is 14.2. The van der Waals surface area contributed by atoms with Crippen LogP contribution in [0.25, 0.3) is 0 Å². The Labute approximate surface area is 607 Å². The van der Waals surface area contributed by atoms with E-state index in [0.717, 1.165) is 126 Å². The van der Waals surface area contributed by atoms with Crippen molar-refractivity contribution in [2.24, 2.45) is 23.7 Å². The summed E-state index contributed by atoms with van der Waals surface area (Å²) < 4.78 is 68.6. The molecule has 588 valence electrons. The van der Waals surface area contributed by atoms with Crippen LogP contribution in [0.4, 0.5) is 0 Å². The minimum absolute atomic E-state index is 0.106. The number of hydrogen-bond acceptors (Lipinski definition) is 15. The molecule has 0 aliphatic heterocycles. The summed E-state index contributed by atoms with van der Waals surface area (Å²) in [5.41, 5.74) is 0. The molecule has 8 atom stereocenters. The minimum Gasteiger partial charge on any atom is -0.462 e. The van der Waals surface area contributed by atoms with Crippen LogP contribution in [-0.2, 0) is 65.4 Å². The van der Waals surface area contributed by atoms with E-state index in [0.29, 0.717) is 25.7 Å². The van der Waals surface area contributed by atoms with Gasteiger partial charge in [0.2, 0.25) is 0 Å². The van der Waals surface area contributed by atoms with Gasteiger partial charge in [0.25, 0.3) is 0 Å². The van der Waals surface area contributed by atoms with Crippen LogP contribution in [0.5, 0.6) is 0 Å². The number of aliphatic hydroxyl groups excluding tert-OH is 1. The van der Waals surface area contributed by atoms with Crippen LogP contribution in [0.2, 0.25) is 0 Å². The number of aliphatic hydroxyl groups is 1. The summed E-state index contributed by atoms with van der Waals surface area (Å²) in [4.78, 5) is 72.9. The first-order valence-electron chi connectivity index (χ1n) is 41.3. The molecule has 0 fully saturated rings. The van der Waals surface area contributed by atoms with E-state index < -0.39 is 97.5 Å². The molecule has 0 aliphatic carbocycles. The van der Waals surface area contributed by atoms with Crippen molar-refractivity contribution in [1.29, 1.82) is 0 Å². The maximum atomic E-state index is 13.1. The Balaban J connectivity index is 5.17. The van der Waals surface area contributed by atoms with Gasteiger partial charge in [-0.3, -0.25) is 37.3 Å². The van der Waals surface area contributed by atoms with Gasteiger partial charge in [0.1, 0.15) is 19.3 Å². The van der Waals surface area contributed by atoms with E-state index >= 15 is 0 Å². The first-order chi connectivity index (χ1) is 47.7. The summed E-state index contributed by atoms with van der Waals surface area (Å²) in [6, 6.07) is 0. The number of hydrogen-bond donors (Lipinski definition) is 3. The highest BCUT2D eigenvalue weighted by Crippen LogP contribution is 2.45. The second-order valence-electron chi connectivity index (χ2n) is 30.0. The van der Waals surface area contributed by atoms with Crippen molar-refractivity contribution in [2.75, 3.05) is 39.6 Å². The lowest BCUT2D eigenvalue weighted by atomic mass is 9.99. The monoisotopic (exact) mass is 1450 g/mol. The molecule has 0 radical (unpaired) electrons. The van der Waals surface area contributed by atoms with Crippen LogP contribution in [0, 0.1) is 23.7 Å². The Morgan fingerprint density at radius 2 is 0.485 bits per heavy atom. The number of unbranched alkanes of at least 4 members (excludes halogenated alkanes) is 40. The van der Waals surface area contributed by atoms with E-state index in [9.17, 15) is 43.2 Å². The SMILES string of the molecule is CCC(C)CCCCCCCCCCCCCCCCCCCCC(=O)O[C@H](COC(=O)CCCCCCCCC(C)CC)COP(=O)(O)OC[C@@H](O)COP(=O)(O)OC[C@@H](COC(=O)CCCCCCCCC(C)CC)OC(=O)CCCCCCCCCCCCCCCCC(C)C. The quantitative estimate of drug-likeness (QED) is 0.0222. The summed E-state index contributed by atoms with van der Waals surface area (Å²) >= 11 is 0. The van der Waals surface area contributed by atoms with E-state index in [1.807, 2.05) is 0 Å².